The van der Waals surface area contributed by atoms with Gasteiger partial charge in [0.05, 0.1) is 11.2 Å². The molecule has 3 heteroatoms. The summed E-state index contributed by atoms with van der Waals surface area (Å²) < 4.78 is 0. The fourth-order valence-electron chi connectivity index (χ4n) is 3.49. The summed E-state index contributed by atoms with van der Waals surface area (Å²) >= 11 is 1.75. The molecule has 1 aliphatic rings. The SMILES string of the molecule is Cc1ncsc1[C@@H](C)N[C@H]1CCC(C)(C)c2ccccc21. The van der Waals surface area contributed by atoms with E-state index in [1.807, 2.05) is 5.51 Å². The molecule has 2 atom stereocenters. The van der Waals surface area contributed by atoms with Gasteiger partial charge >= 0.3 is 0 Å². The summed E-state index contributed by atoms with van der Waals surface area (Å²) in [5, 5.41) is 3.83. The van der Waals surface area contributed by atoms with Gasteiger partial charge in [-0.2, -0.15) is 0 Å². The molecule has 0 spiro atoms. The highest BCUT2D eigenvalue weighted by molar-refractivity contribution is 7.09. The van der Waals surface area contributed by atoms with Gasteiger partial charge in [0.25, 0.3) is 0 Å². The number of rotatable bonds is 3. The van der Waals surface area contributed by atoms with Crippen LogP contribution in [0.15, 0.2) is 29.8 Å². The summed E-state index contributed by atoms with van der Waals surface area (Å²) in [5.74, 6) is 0. The molecule has 0 fully saturated rings. The molecule has 0 aliphatic heterocycles. The van der Waals surface area contributed by atoms with Crippen molar-refractivity contribution < 1.29 is 0 Å². The van der Waals surface area contributed by atoms with Crippen LogP contribution >= 0.6 is 11.3 Å². The lowest BCUT2D eigenvalue weighted by molar-refractivity contribution is 0.341. The molecule has 1 aliphatic carbocycles. The van der Waals surface area contributed by atoms with Crippen molar-refractivity contribution in [3.63, 3.8) is 0 Å². The van der Waals surface area contributed by atoms with Crippen molar-refractivity contribution >= 4 is 11.3 Å². The zero-order valence-corrected chi connectivity index (χ0v) is 14.1. The molecule has 0 bridgehead atoms. The minimum atomic E-state index is 0.290. The van der Waals surface area contributed by atoms with Crippen molar-refractivity contribution in [1.82, 2.24) is 10.3 Å². The van der Waals surface area contributed by atoms with Crippen LogP contribution in [-0.2, 0) is 5.41 Å². The van der Waals surface area contributed by atoms with Gasteiger partial charge in [0, 0.05) is 17.0 Å². The third-order valence-electron chi connectivity index (χ3n) is 4.75. The van der Waals surface area contributed by atoms with Crippen LogP contribution in [0.5, 0.6) is 0 Å². The highest BCUT2D eigenvalue weighted by Crippen LogP contribution is 2.42. The predicted octanol–water partition coefficient (Wildman–Crippen LogP) is 4.91. The van der Waals surface area contributed by atoms with E-state index in [0.717, 1.165) is 5.69 Å². The van der Waals surface area contributed by atoms with Crippen LogP contribution in [0.4, 0.5) is 0 Å². The lowest BCUT2D eigenvalue weighted by Gasteiger charge is -2.38. The van der Waals surface area contributed by atoms with Gasteiger partial charge in [-0.3, -0.25) is 0 Å². The van der Waals surface area contributed by atoms with Gasteiger partial charge in [0.15, 0.2) is 0 Å². The van der Waals surface area contributed by atoms with Crippen LogP contribution < -0.4 is 5.32 Å². The normalized spacial score (nSPS) is 21.8. The average molecular weight is 300 g/mol. The minimum Gasteiger partial charge on any atom is -0.303 e. The third-order valence-corrected chi connectivity index (χ3v) is 5.86. The molecule has 0 unspecified atom stereocenters. The van der Waals surface area contributed by atoms with Gasteiger partial charge in [-0.05, 0) is 43.2 Å². The van der Waals surface area contributed by atoms with Crippen molar-refractivity contribution in [2.45, 2.75) is 58.0 Å². The van der Waals surface area contributed by atoms with E-state index < -0.39 is 0 Å². The number of hydrogen-bond acceptors (Lipinski definition) is 3. The van der Waals surface area contributed by atoms with Crippen molar-refractivity contribution in [1.29, 1.82) is 0 Å². The van der Waals surface area contributed by atoms with Gasteiger partial charge in [-0.1, -0.05) is 38.1 Å². The Morgan fingerprint density at radius 1 is 1.33 bits per heavy atom. The molecule has 1 heterocycles. The number of fused-ring (bicyclic) bond motifs is 1. The van der Waals surface area contributed by atoms with Crippen molar-refractivity contribution in [2.24, 2.45) is 0 Å². The average Bonchev–Trinajstić information content (AvgIpc) is 2.89. The zero-order chi connectivity index (χ0) is 15.0. The number of hydrogen-bond donors (Lipinski definition) is 1. The van der Waals surface area contributed by atoms with Crippen LogP contribution in [0.3, 0.4) is 0 Å². The molecular formula is C18H24N2S. The van der Waals surface area contributed by atoms with Crippen molar-refractivity contribution in [3.05, 3.63) is 51.5 Å². The molecule has 112 valence electrons. The minimum absolute atomic E-state index is 0.290. The van der Waals surface area contributed by atoms with E-state index in [1.54, 1.807) is 11.3 Å². The Morgan fingerprint density at radius 2 is 2.10 bits per heavy atom. The predicted molar refractivity (Wildman–Crippen MR) is 89.8 cm³/mol. The maximum absolute atomic E-state index is 4.38. The van der Waals surface area contributed by atoms with E-state index in [1.165, 1.54) is 28.8 Å². The van der Waals surface area contributed by atoms with Gasteiger partial charge in [0.1, 0.15) is 0 Å². The van der Waals surface area contributed by atoms with Crippen LogP contribution in [0, 0.1) is 6.92 Å². The van der Waals surface area contributed by atoms with E-state index >= 15 is 0 Å². The number of aryl methyl sites for hydroxylation is 1. The monoisotopic (exact) mass is 300 g/mol. The van der Waals surface area contributed by atoms with Gasteiger partial charge in [-0.25, -0.2) is 4.98 Å². The van der Waals surface area contributed by atoms with Gasteiger partial charge in [-0.15, -0.1) is 11.3 Å². The molecular weight excluding hydrogens is 276 g/mol. The summed E-state index contributed by atoms with van der Waals surface area (Å²) in [6.07, 6.45) is 2.43. The van der Waals surface area contributed by atoms with E-state index in [-0.39, 0.29) is 0 Å². The molecule has 0 saturated heterocycles. The Kier molecular flexibility index (Phi) is 3.89. The smallest absolute Gasteiger partial charge is 0.0798 e. The zero-order valence-electron chi connectivity index (χ0n) is 13.3. The molecule has 0 amide bonds. The molecule has 1 aromatic heterocycles. The van der Waals surface area contributed by atoms with E-state index in [4.69, 9.17) is 0 Å². The quantitative estimate of drug-likeness (QED) is 0.870. The maximum atomic E-state index is 4.38. The summed E-state index contributed by atoms with van der Waals surface area (Å²) in [6.45, 7) is 9.07. The first-order valence-corrected chi connectivity index (χ1v) is 8.62. The molecule has 0 radical (unpaired) electrons. The topological polar surface area (TPSA) is 24.9 Å². The number of nitrogens with one attached hydrogen (secondary N) is 1. The highest BCUT2D eigenvalue weighted by Gasteiger charge is 2.32. The van der Waals surface area contributed by atoms with Gasteiger partial charge in [0.2, 0.25) is 0 Å². The number of thiazole rings is 1. The Morgan fingerprint density at radius 3 is 2.81 bits per heavy atom. The molecule has 1 N–H and O–H groups in total. The van der Waals surface area contributed by atoms with E-state index in [0.29, 0.717) is 17.5 Å². The molecule has 3 rings (SSSR count). The summed E-state index contributed by atoms with van der Waals surface area (Å²) in [6, 6.07) is 9.73. The number of benzene rings is 1. The molecule has 2 aromatic rings. The molecule has 21 heavy (non-hydrogen) atoms. The summed E-state index contributed by atoms with van der Waals surface area (Å²) in [4.78, 5) is 5.74. The lowest BCUT2D eigenvalue weighted by Crippen LogP contribution is -2.33. The highest BCUT2D eigenvalue weighted by atomic mass is 32.1. The fraction of sp³-hybridized carbons (Fsp3) is 0.500. The standard InChI is InChI=1S/C18H24N2S/c1-12-17(21-11-19-12)13(2)20-16-9-10-18(3,4)15-8-6-5-7-14(15)16/h5-8,11,13,16,20H,9-10H2,1-4H3/t13-,16+/m1/s1. The van der Waals surface area contributed by atoms with Gasteiger partial charge < -0.3 is 5.32 Å². The third kappa shape index (κ3) is 2.77. The summed E-state index contributed by atoms with van der Waals surface area (Å²) in [5.41, 5.74) is 6.37. The van der Waals surface area contributed by atoms with Crippen molar-refractivity contribution in [2.75, 3.05) is 0 Å². The second-order valence-corrected chi connectivity index (χ2v) is 7.64. The Bertz CT molecular complexity index is 630. The second-order valence-electron chi connectivity index (χ2n) is 6.75. The lowest BCUT2D eigenvalue weighted by atomic mass is 9.71. The van der Waals surface area contributed by atoms with Crippen LogP contribution in [-0.4, -0.2) is 4.98 Å². The Labute approximate surface area is 131 Å². The fourth-order valence-corrected chi connectivity index (χ4v) is 4.31. The Balaban J connectivity index is 1.86. The largest absolute Gasteiger partial charge is 0.303 e. The van der Waals surface area contributed by atoms with Crippen LogP contribution in [0.25, 0.3) is 0 Å². The first-order chi connectivity index (χ1) is 9.99. The Hall–Kier alpha value is -1.19. The van der Waals surface area contributed by atoms with Crippen molar-refractivity contribution in [3.8, 4) is 0 Å². The first-order valence-electron chi connectivity index (χ1n) is 7.74. The van der Waals surface area contributed by atoms with Crippen LogP contribution in [0.2, 0.25) is 0 Å². The first kappa shape index (κ1) is 14.7. The second kappa shape index (κ2) is 5.54. The molecule has 1 aromatic carbocycles. The summed E-state index contributed by atoms with van der Waals surface area (Å²) in [7, 11) is 0. The van der Waals surface area contributed by atoms with E-state index in [2.05, 4.69) is 62.3 Å². The number of aromatic nitrogens is 1. The molecule has 0 saturated carbocycles. The number of nitrogens with zero attached hydrogens (tertiary/aromatic N) is 1. The molecule has 2 nitrogen and oxygen atoms in total. The van der Waals surface area contributed by atoms with Crippen LogP contribution in [0.1, 0.15) is 67.4 Å². The van der Waals surface area contributed by atoms with E-state index in [9.17, 15) is 0 Å². The maximum Gasteiger partial charge on any atom is 0.0798 e.